The Hall–Kier alpha value is -1.70. The number of aromatic hydroxyl groups is 1. The fourth-order valence-electron chi connectivity index (χ4n) is 1.09. The van der Waals surface area contributed by atoms with Gasteiger partial charge in [0.05, 0.1) is 0 Å². The fraction of sp³-hybridized carbons (Fsp3) is 0.100. The van der Waals surface area contributed by atoms with E-state index in [0.717, 1.165) is 5.39 Å². The molecule has 0 aliphatic carbocycles. The molecule has 0 atom stereocenters. The van der Waals surface area contributed by atoms with Gasteiger partial charge in [0.15, 0.2) is 0 Å². The first-order chi connectivity index (χ1) is 7.38. The molecule has 6 nitrogen and oxygen atoms in total. The van der Waals surface area contributed by atoms with Crippen LogP contribution in [0.4, 0.5) is 0 Å². The molecule has 1 aromatic carbocycles. The average molecular weight is 259 g/mol. The van der Waals surface area contributed by atoms with Gasteiger partial charge in [-0.05, 0) is 12.1 Å². The van der Waals surface area contributed by atoms with Crippen molar-refractivity contribution in [3.63, 3.8) is 0 Å². The standard InChI is InChI=1S/C9H7NO.CH4.H2O4S/c11-8-5-1-3-7-4-2-6-10-9(7)8;;1-5(2,3)4/h1-6,11H;1H4;(H2,1,2,3,4). The molecule has 1 heterocycles. The van der Waals surface area contributed by atoms with Crippen molar-refractivity contribution in [3.05, 3.63) is 36.5 Å². The number of hydrogen-bond donors (Lipinski definition) is 3. The smallest absolute Gasteiger partial charge is 0.394 e. The molecule has 17 heavy (non-hydrogen) atoms. The normalized spacial score (nSPS) is 10.0. The SMILES string of the molecule is C.O=S(=O)(O)O.Oc1cccc2cccnc12. The molecule has 0 aliphatic heterocycles. The molecule has 0 bridgehead atoms. The highest BCUT2D eigenvalue weighted by atomic mass is 32.3. The van der Waals surface area contributed by atoms with Gasteiger partial charge in [0.2, 0.25) is 0 Å². The van der Waals surface area contributed by atoms with Crippen LogP contribution in [0.25, 0.3) is 10.9 Å². The highest BCUT2D eigenvalue weighted by Gasteiger charge is 1.96. The van der Waals surface area contributed by atoms with Crippen LogP contribution in [0.15, 0.2) is 36.5 Å². The molecule has 0 saturated carbocycles. The van der Waals surface area contributed by atoms with Crippen LogP contribution in [0, 0.1) is 0 Å². The van der Waals surface area contributed by atoms with E-state index >= 15 is 0 Å². The maximum Gasteiger partial charge on any atom is 0.394 e. The molecule has 0 fully saturated rings. The topological polar surface area (TPSA) is 108 Å². The summed E-state index contributed by atoms with van der Waals surface area (Å²) in [5, 5.41) is 10.3. The predicted octanol–water partition coefficient (Wildman–Crippen LogP) is 1.92. The highest BCUT2D eigenvalue weighted by Crippen LogP contribution is 2.20. The van der Waals surface area contributed by atoms with Crippen molar-refractivity contribution in [1.29, 1.82) is 0 Å². The molecule has 2 aromatic rings. The van der Waals surface area contributed by atoms with Crippen LogP contribution in [0.1, 0.15) is 7.43 Å². The van der Waals surface area contributed by atoms with Gasteiger partial charge in [0, 0.05) is 11.6 Å². The Bertz CT molecular complexity index is 569. The maximum atomic E-state index is 9.31. The zero-order valence-corrected chi connectivity index (χ0v) is 8.79. The fourth-order valence-corrected chi connectivity index (χ4v) is 1.09. The van der Waals surface area contributed by atoms with Gasteiger partial charge in [0.1, 0.15) is 11.3 Å². The third kappa shape index (κ3) is 5.81. The lowest BCUT2D eigenvalue weighted by Crippen LogP contribution is -1.89. The van der Waals surface area contributed by atoms with Crippen LogP contribution in [0.3, 0.4) is 0 Å². The van der Waals surface area contributed by atoms with Gasteiger partial charge in [-0.3, -0.25) is 14.1 Å². The van der Waals surface area contributed by atoms with Gasteiger partial charge in [-0.25, -0.2) is 0 Å². The van der Waals surface area contributed by atoms with Crippen molar-refractivity contribution in [1.82, 2.24) is 4.98 Å². The van der Waals surface area contributed by atoms with E-state index < -0.39 is 10.4 Å². The van der Waals surface area contributed by atoms with E-state index in [-0.39, 0.29) is 13.2 Å². The molecule has 0 amide bonds. The van der Waals surface area contributed by atoms with Gasteiger partial charge < -0.3 is 5.11 Å². The Balaban J connectivity index is 0.000000373. The first-order valence-electron chi connectivity index (χ1n) is 4.10. The van der Waals surface area contributed by atoms with E-state index in [1.54, 1.807) is 18.3 Å². The number of fused-ring (bicyclic) bond motifs is 1. The number of para-hydroxylation sites is 1. The molecule has 7 heteroatoms. The largest absolute Gasteiger partial charge is 0.506 e. The van der Waals surface area contributed by atoms with E-state index in [1.807, 2.05) is 18.2 Å². The van der Waals surface area contributed by atoms with Gasteiger partial charge >= 0.3 is 10.4 Å². The Morgan fingerprint density at radius 3 is 2.12 bits per heavy atom. The van der Waals surface area contributed by atoms with Crippen molar-refractivity contribution >= 4 is 21.3 Å². The van der Waals surface area contributed by atoms with Gasteiger partial charge in [-0.1, -0.05) is 25.6 Å². The second kappa shape index (κ2) is 6.14. The first kappa shape index (κ1) is 15.3. The van der Waals surface area contributed by atoms with Crippen LogP contribution in [0.2, 0.25) is 0 Å². The summed E-state index contributed by atoms with van der Waals surface area (Å²) in [6, 6.07) is 9.13. The lowest BCUT2D eigenvalue weighted by molar-refractivity contribution is 0.381. The minimum Gasteiger partial charge on any atom is -0.506 e. The first-order valence-corrected chi connectivity index (χ1v) is 5.50. The second-order valence-corrected chi connectivity index (χ2v) is 3.70. The van der Waals surface area contributed by atoms with Crippen molar-refractivity contribution in [2.45, 2.75) is 7.43 Å². The molecular formula is C10H13NO5S. The van der Waals surface area contributed by atoms with E-state index in [9.17, 15) is 5.11 Å². The van der Waals surface area contributed by atoms with Crippen molar-refractivity contribution in [2.24, 2.45) is 0 Å². The third-order valence-corrected chi connectivity index (χ3v) is 1.61. The monoisotopic (exact) mass is 259 g/mol. The van der Waals surface area contributed by atoms with E-state index in [1.165, 1.54) is 0 Å². The van der Waals surface area contributed by atoms with Crippen LogP contribution < -0.4 is 0 Å². The summed E-state index contributed by atoms with van der Waals surface area (Å²) in [6.07, 6.45) is 1.67. The average Bonchev–Trinajstić information content (AvgIpc) is 2.16. The number of hydrogen-bond acceptors (Lipinski definition) is 4. The van der Waals surface area contributed by atoms with Gasteiger partial charge in [-0.15, -0.1) is 0 Å². The zero-order valence-electron chi connectivity index (χ0n) is 7.98. The third-order valence-electron chi connectivity index (χ3n) is 1.61. The quantitative estimate of drug-likeness (QED) is 0.624. The molecule has 94 valence electrons. The summed E-state index contributed by atoms with van der Waals surface area (Å²) in [4.78, 5) is 4.03. The summed E-state index contributed by atoms with van der Waals surface area (Å²) >= 11 is 0. The van der Waals surface area contributed by atoms with Crippen LogP contribution in [0.5, 0.6) is 5.75 Å². The number of nitrogens with zero attached hydrogens (tertiary/aromatic N) is 1. The minimum absolute atomic E-state index is 0. The number of phenols is 1. The number of aromatic nitrogens is 1. The van der Waals surface area contributed by atoms with Crippen molar-refractivity contribution in [3.8, 4) is 5.75 Å². The molecular weight excluding hydrogens is 246 g/mol. The van der Waals surface area contributed by atoms with E-state index in [2.05, 4.69) is 4.98 Å². The molecule has 2 rings (SSSR count). The molecule has 0 saturated heterocycles. The van der Waals surface area contributed by atoms with Crippen molar-refractivity contribution < 1.29 is 22.6 Å². The number of benzene rings is 1. The molecule has 3 N–H and O–H groups in total. The number of rotatable bonds is 0. The van der Waals surface area contributed by atoms with Gasteiger partial charge in [-0.2, -0.15) is 8.42 Å². The van der Waals surface area contributed by atoms with E-state index in [0.29, 0.717) is 5.52 Å². The van der Waals surface area contributed by atoms with Crippen LogP contribution >= 0.6 is 0 Å². The maximum absolute atomic E-state index is 9.31. The zero-order chi connectivity index (χ0) is 12.2. The molecule has 0 unspecified atom stereocenters. The molecule has 1 aromatic heterocycles. The Labute approximate surface area is 99.1 Å². The lowest BCUT2D eigenvalue weighted by atomic mass is 10.2. The van der Waals surface area contributed by atoms with Gasteiger partial charge in [0.25, 0.3) is 0 Å². The highest BCUT2D eigenvalue weighted by molar-refractivity contribution is 7.79. The summed E-state index contributed by atoms with van der Waals surface area (Å²) < 4.78 is 31.6. The summed E-state index contributed by atoms with van der Waals surface area (Å²) in [6.45, 7) is 0. The predicted molar refractivity (Wildman–Crippen MR) is 64.3 cm³/mol. The molecule has 0 radical (unpaired) electrons. The Morgan fingerprint density at radius 1 is 1.06 bits per heavy atom. The molecule has 0 spiro atoms. The van der Waals surface area contributed by atoms with Crippen LogP contribution in [-0.2, 0) is 10.4 Å². The Kier molecular flexibility index (Phi) is 5.52. The summed E-state index contributed by atoms with van der Waals surface area (Å²) in [5.41, 5.74) is 0.662. The van der Waals surface area contributed by atoms with E-state index in [4.69, 9.17) is 17.5 Å². The number of phenolic OH excluding ortho intramolecular Hbond substituents is 1. The minimum atomic E-state index is -4.67. The Morgan fingerprint density at radius 2 is 1.59 bits per heavy atom. The molecule has 0 aliphatic rings. The number of pyridine rings is 1. The summed E-state index contributed by atoms with van der Waals surface area (Å²) in [7, 11) is -4.67. The van der Waals surface area contributed by atoms with Crippen molar-refractivity contribution in [2.75, 3.05) is 0 Å². The second-order valence-electron chi connectivity index (χ2n) is 2.80. The summed E-state index contributed by atoms with van der Waals surface area (Å²) in [5.74, 6) is 0.239. The lowest BCUT2D eigenvalue weighted by Gasteiger charge is -1.96. The van der Waals surface area contributed by atoms with Crippen LogP contribution in [-0.4, -0.2) is 27.6 Å².